The second-order valence-electron chi connectivity index (χ2n) is 6.19. The zero-order valence-electron chi connectivity index (χ0n) is 14.7. The fourth-order valence-corrected chi connectivity index (χ4v) is 2.40. The van der Waals surface area contributed by atoms with Crippen molar-refractivity contribution in [1.82, 2.24) is 5.32 Å². The second-order valence-corrected chi connectivity index (χ2v) is 6.19. The van der Waals surface area contributed by atoms with Gasteiger partial charge in [0.05, 0.1) is 13.2 Å². The normalized spacial score (nSPS) is 11.1. The summed E-state index contributed by atoms with van der Waals surface area (Å²) in [5.41, 5.74) is 3.22. The lowest BCUT2D eigenvalue weighted by Gasteiger charge is -2.20. The van der Waals surface area contributed by atoms with Crippen LogP contribution in [0.5, 0.6) is 0 Å². The van der Waals surface area contributed by atoms with Crippen molar-refractivity contribution in [1.29, 1.82) is 0 Å². The Bertz CT molecular complexity index is 461. The Morgan fingerprint density at radius 2 is 1.74 bits per heavy atom. The molecule has 0 unspecified atom stereocenters. The van der Waals surface area contributed by atoms with E-state index in [-0.39, 0.29) is 12.6 Å². The largest absolute Gasteiger partial charge is 0.394 e. The van der Waals surface area contributed by atoms with Gasteiger partial charge in [0.1, 0.15) is 0 Å². The third kappa shape index (κ3) is 6.59. The molecule has 3 N–H and O–H groups in total. The molecule has 0 spiro atoms. The average Bonchev–Trinajstić information content (AvgIpc) is 2.50. The number of benzene rings is 1. The maximum absolute atomic E-state index is 12.1. The van der Waals surface area contributed by atoms with Crippen molar-refractivity contribution >= 4 is 11.7 Å². The molecular formula is C18H30N2O3. The van der Waals surface area contributed by atoms with Gasteiger partial charge >= 0.3 is 6.03 Å². The Hall–Kier alpha value is -1.59. The van der Waals surface area contributed by atoms with Crippen LogP contribution in [0.25, 0.3) is 0 Å². The minimum absolute atomic E-state index is 0.0257. The Morgan fingerprint density at radius 1 is 1.13 bits per heavy atom. The van der Waals surface area contributed by atoms with E-state index < -0.39 is 0 Å². The summed E-state index contributed by atoms with van der Waals surface area (Å²) in [6.45, 7) is 9.94. The molecule has 5 nitrogen and oxygen atoms in total. The summed E-state index contributed by atoms with van der Waals surface area (Å²) in [4.78, 5) is 12.1. The number of nitrogens with one attached hydrogen (secondary N) is 2. The van der Waals surface area contributed by atoms with Gasteiger partial charge in [0.25, 0.3) is 0 Å². The van der Waals surface area contributed by atoms with Crippen molar-refractivity contribution < 1.29 is 14.6 Å². The highest BCUT2D eigenvalue weighted by atomic mass is 16.5. The van der Waals surface area contributed by atoms with Crippen LogP contribution in [0, 0.1) is 0 Å². The van der Waals surface area contributed by atoms with Gasteiger partial charge in [0, 0.05) is 18.8 Å². The molecule has 1 aromatic carbocycles. The third-order valence-electron chi connectivity index (χ3n) is 3.60. The number of aliphatic hydroxyl groups is 1. The van der Waals surface area contributed by atoms with E-state index in [4.69, 9.17) is 9.84 Å². The van der Waals surface area contributed by atoms with Crippen LogP contribution in [0.15, 0.2) is 18.2 Å². The van der Waals surface area contributed by atoms with Crippen molar-refractivity contribution in [2.45, 2.75) is 46.0 Å². The number of para-hydroxylation sites is 1. The number of carbonyl (C=O) groups excluding carboxylic acids is 1. The lowest BCUT2D eigenvalue weighted by atomic mass is 9.93. The van der Waals surface area contributed by atoms with Crippen LogP contribution in [0.2, 0.25) is 0 Å². The van der Waals surface area contributed by atoms with Gasteiger partial charge in [-0.3, -0.25) is 0 Å². The van der Waals surface area contributed by atoms with Crippen molar-refractivity contribution in [3.8, 4) is 0 Å². The molecule has 0 atom stereocenters. The zero-order chi connectivity index (χ0) is 17.2. The minimum Gasteiger partial charge on any atom is -0.394 e. The minimum atomic E-state index is -0.192. The molecule has 0 aliphatic carbocycles. The van der Waals surface area contributed by atoms with E-state index in [1.165, 1.54) is 0 Å². The maximum Gasteiger partial charge on any atom is 0.319 e. The summed E-state index contributed by atoms with van der Waals surface area (Å²) in [6.07, 6.45) is 0.719. The molecule has 0 aliphatic rings. The molecule has 2 amide bonds. The van der Waals surface area contributed by atoms with Gasteiger partial charge in [-0.25, -0.2) is 4.79 Å². The molecule has 130 valence electrons. The molecule has 0 fully saturated rings. The van der Waals surface area contributed by atoms with Gasteiger partial charge in [-0.05, 0) is 29.4 Å². The van der Waals surface area contributed by atoms with E-state index in [0.717, 1.165) is 23.2 Å². The number of amides is 2. The summed E-state index contributed by atoms with van der Waals surface area (Å²) in [7, 11) is 0. The maximum atomic E-state index is 12.1. The molecule has 0 heterocycles. The average molecular weight is 322 g/mol. The smallest absolute Gasteiger partial charge is 0.319 e. The van der Waals surface area contributed by atoms with E-state index in [1.807, 2.05) is 6.07 Å². The van der Waals surface area contributed by atoms with E-state index in [2.05, 4.69) is 50.5 Å². The van der Waals surface area contributed by atoms with Crippen LogP contribution in [0.3, 0.4) is 0 Å². The Labute approximate surface area is 139 Å². The number of urea groups is 1. The Kier molecular flexibility index (Phi) is 8.66. The highest BCUT2D eigenvalue weighted by Gasteiger charge is 2.15. The van der Waals surface area contributed by atoms with Crippen LogP contribution in [0.4, 0.5) is 10.5 Å². The van der Waals surface area contributed by atoms with E-state index in [0.29, 0.717) is 31.6 Å². The van der Waals surface area contributed by atoms with Gasteiger partial charge < -0.3 is 20.5 Å². The van der Waals surface area contributed by atoms with E-state index in [1.54, 1.807) is 0 Å². The SMILES string of the molecule is CC(C)c1cccc(C(C)C)c1NC(=O)NCCCOCCO. The summed E-state index contributed by atoms with van der Waals surface area (Å²) in [5.74, 6) is 0.687. The van der Waals surface area contributed by atoms with Crippen LogP contribution in [0.1, 0.15) is 57.1 Å². The van der Waals surface area contributed by atoms with Gasteiger partial charge in [0.2, 0.25) is 0 Å². The predicted octanol–water partition coefficient (Wildman–Crippen LogP) is 3.45. The Balaban J connectivity index is 2.63. The molecule has 23 heavy (non-hydrogen) atoms. The summed E-state index contributed by atoms with van der Waals surface area (Å²) < 4.78 is 5.16. The highest BCUT2D eigenvalue weighted by molar-refractivity contribution is 5.91. The number of anilines is 1. The zero-order valence-corrected chi connectivity index (χ0v) is 14.7. The second kappa shape index (κ2) is 10.2. The lowest BCUT2D eigenvalue weighted by Crippen LogP contribution is -2.31. The summed E-state index contributed by atoms with van der Waals surface area (Å²) >= 11 is 0. The Morgan fingerprint density at radius 3 is 2.26 bits per heavy atom. The van der Waals surface area contributed by atoms with Crippen molar-refractivity contribution in [3.63, 3.8) is 0 Å². The van der Waals surface area contributed by atoms with Crippen molar-refractivity contribution in [3.05, 3.63) is 29.3 Å². The number of rotatable bonds is 9. The molecule has 0 bridgehead atoms. The van der Waals surface area contributed by atoms with E-state index >= 15 is 0 Å². The monoisotopic (exact) mass is 322 g/mol. The van der Waals surface area contributed by atoms with Gasteiger partial charge in [0.15, 0.2) is 0 Å². The molecular weight excluding hydrogens is 292 g/mol. The first kappa shape index (κ1) is 19.5. The highest BCUT2D eigenvalue weighted by Crippen LogP contribution is 2.32. The fraction of sp³-hybridized carbons (Fsp3) is 0.611. The molecule has 0 saturated carbocycles. The van der Waals surface area contributed by atoms with Crippen LogP contribution < -0.4 is 10.6 Å². The predicted molar refractivity (Wildman–Crippen MR) is 94.2 cm³/mol. The first-order valence-electron chi connectivity index (χ1n) is 8.33. The molecule has 0 saturated heterocycles. The molecule has 0 aliphatic heterocycles. The standard InChI is InChI=1S/C18H30N2O3/c1-13(2)15-7-5-8-16(14(3)4)17(15)20-18(22)19-9-6-11-23-12-10-21/h5,7-8,13-14,21H,6,9-12H2,1-4H3,(H2,19,20,22). The van der Waals surface area contributed by atoms with Crippen molar-refractivity contribution in [2.75, 3.05) is 31.7 Å². The lowest BCUT2D eigenvalue weighted by molar-refractivity contribution is 0.0910. The van der Waals surface area contributed by atoms with E-state index in [9.17, 15) is 4.79 Å². The fourth-order valence-electron chi connectivity index (χ4n) is 2.40. The number of aliphatic hydroxyl groups excluding tert-OH is 1. The first-order chi connectivity index (χ1) is 11.0. The third-order valence-corrected chi connectivity index (χ3v) is 3.60. The van der Waals surface area contributed by atoms with Gasteiger partial charge in [-0.15, -0.1) is 0 Å². The number of hydrogen-bond donors (Lipinski definition) is 3. The van der Waals surface area contributed by atoms with Gasteiger partial charge in [-0.2, -0.15) is 0 Å². The van der Waals surface area contributed by atoms with Crippen LogP contribution >= 0.6 is 0 Å². The quantitative estimate of drug-likeness (QED) is 0.610. The molecule has 1 rings (SSSR count). The van der Waals surface area contributed by atoms with Crippen LogP contribution in [-0.4, -0.2) is 37.5 Å². The summed E-state index contributed by atoms with van der Waals surface area (Å²) in [6, 6.07) is 5.98. The van der Waals surface area contributed by atoms with Crippen molar-refractivity contribution in [2.24, 2.45) is 0 Å². The topological polar surface area (TPSA) is 70.6 Å². The number of hydrogen-bond acceptors (Lipinski definition) is 3. The number of carbonyl (C=O) groups is 1. The van der Waals surface area contributed by atoms with Crippen LogP contribution in [-0.2, 0) is 4.74 Å². The molecule has 0 radical (unpaired) electrons. The summed E-state index contributed by atoms with van der Waals surface area (Å²) in [5, 5.41) is 14.5. The molecule has 0 aromatic heterocycles. The number of ether oxygens (including phenoxy) is 1. The van der Waals surface area contributed by atoms with Gasteiger partial charge in [-0.1, -0.05) is 45.9 Å². The first-order valence-corrected chi connectivity index (χ1v) is 8.33. The molecule has 5 heteroatoms. The molecule has 1 aromatic rings.